The van der Waals surface area contributed by atoms with Gasteiger partial charge in [0.25, 0.3) is 5.91 Å². The first-order valence-electron chi connectivity index (χ1n) is 10.1. The van der Waals surface area contributed by atoms with Gasteiger partial charge in [-0.25, -0.2) is 8.42 Å². The van der Waals surface area contributed by atoms with Gasteiger partial charge in [0.15, 0.2) is 0 Å². The third kappa shape index (κ3) is 5.85. The lowest BCUT2D eigenvalue weighted by atomic mass is 10.1. The van der Waals surface area contributed by atoms with Crippen molar-refractivity contribution in [1.82, 2.24) is 14.5 Å². The van der Waals surface area contributed by atoms with Crippen molar-refractivity contribution in [2.45, 2.75) is 23.1 Å². The molecule has 8 heteroatoms. The molecule has 1 amide bonds. The van der Waals surface area contributed by atoms with Crippen LogP contribution in [-0.2, 0) is 10.0 Å². The number of rotatable bonds is 8. The van der Waals surface area contributed by atoms with Crippen molar-refractivity contribution in [1.29, 1.82) is 0 Å². The molecule has 2 aromatic carbocycles. The summed E-state index contributed by atoms with van der Waals surface area (Å²) in [6.45, 7) is 4.72. The molecule has 30 heavy (non-hydrogen) atoms. The van der Waals surface area contributed by atoms with Crippen molar-refractivity contribution in [3.8, 4) is 0 Å². The predicted molar refractivity (Wildman–Crippen MR) is 122 cm³/mol. The smallest absolute Gasteiger partial charge is 0.251 e. The molecule has 0 radical (unpaired) electrons. The third-order valence-corrected chi connectivity index (χ3v) is 8.17. The van der Waals surface area contributed by atoms with Gasteiger partial charge in [0, 0.05) is 43.2 Å². The van der Waals surface area contributed by atoms with Gasteiger partial charge in [-0.1, -0.05) is 24.3 Å². The van der Waals surface area contributed by atoms with E-state index in [0.29, 0.717) is 38.3 Å². The van der Waals surface area contributed by atoms with E-state index in [1.165, 1.54) is 15.3 Å². The molecule has 162 valence electrons. The highest BCUT2D eigenvalue weighted by atomic mass is 32.2. The van der Waals surface area contributed by atoms with Gasteiger partial charge in [-0.15, -0.1) is 11.8 Å². The molecule has 2 aromatic rings. The molecule has 0 unspecified atom stereocenters. The Morgan fingerprint density at radius 3 is 2.47 bits per heavy atom. The molecule has 1 heterocycles. The molecule has 0 aliphatic carbocycles. The summed E-state index contributed by atoms with van der Waals surface area (Å²) in [4.78, 5) is 16.2. The first-order valence-corrected chi connectivity index (χ1v) is 12.6. The SMILES string of the molecule is Cc1ccc(S(=O)(=O)N2CCN(C)CC2)cc1C(=O)NCCCSc1ccccc1. The molecule has 1 saturated heterocycles. The van der Waals surface area contributed by atoms with Crippen LogP contribution in [-0.4, -0.2) is 69.1 Å². The maximum atomic E-state index is 13.0. The zero-order chi connectivity index (χ0) is 21.6. The summed E-state index contributed by atoms with van der Waals surface area (Å²) in [6.07, 6.45) is 0.837. The predicted octanol–water partition coefficient (Wildman–Crippen LogP) is 2.84. The van der Waals surface area contributed by atoms with Crippen LogP contribution in [0.4, 0.5) is 0 Å². The fourth-order valence-corrected chi connectivity index (χ4v) is 5.58. The van der Waals surface area contributed by atoms with Gasteiger partial charge in [-0.05, 0) is 56.0 Å². The fourth-order valence-electron chi connectivity index (χ4n) is 3.26. The molecule has 0 atom stereocenters. The molecule has 0 aromatic heterocycles. The zero-order valence-corrected chi connectivity index (χ0v) is 19.1. The summed E-state index contributed by atoms with van der Waals surface area (Å²) >= 11 is 1.75. The molecule has 6 nitrogen and oxygen atoms in total. The van der Waals surface area contributed by atoms with Crippen molar-refractivity contribution in [2.75, 3.05) is 45.5 Å². The standard InChI is InChI=1S/C22H29N3O3S2/c1-18-9-10-20(30(27,28)25-14-12-24(2)13-15-25)17-21(18)22(26)23-11-6-16-29-19-7-4-3-5-8-19/h3-5,7-10,17H,6,11-16H2,1-2H3,(H,23,26). The Morgan fingerprint density at radius 1 is 1.07 bits per heavy atom. The number of thioether (sulfide) groups is 1. The summed E-state index contributed by atoms with van der Waals surface area (Å²) in [5.74, 6) is 0.675. The first-order chi connectivity index (χ1) is 14.4. The summed E-state index contributed by atoms with van der Waals surface area (Å²) in [5.41, 5.74) is 1.18. The van der Waals surface area contributed by atoms with E-state index in [0.717, 1.165) is 17.7 Å². The van der Waals surface area contributed by atoms with Crippen LogP contribution in [0.3, 0.4) is 0 Å². The zero-order valence-electron chi connectivity index (χ0n) is 17.5. The van der Waals surface area contributed by atoms with E-state index in [2.05, 4.69) is 22.3 Å². The van der Waals surface area contributed by atoms with E-state index >= 15 is 0 Å². The Balaban J connectivity index is 1.58. The van der Waals surface area contributed by atoms with Crippen LogP contribution in [0.5, 0.6) is 0 Å². The van der Waals surface area contributed by atoms with Gasteiger partial charge >= 0.3 is 0 Å². The van der Waals surface area contributed by atoms with Gasteiger partial charge < -0.3 is 10.2 Å². The van der Waals surface area contributed by atoms with Gasteiger partial charge in [-0.3, -0.25) is 4.79 Å². The minimum atomic E-state index is -3.59. The number of hydrogen-bond donors (Lipinski definition) is 1. The highest BCUT2D eigenvalue weighted by Gasteiger charge is 2.28. The fraction of sp³-hybridized carbons (Fsp3) is 0.409. The molecule has 0 spiro atoms. The number of piperazine rings is 1. The largest absolute Gasteiger partial charge is 0.352 e. The maximum absolute atomic E-state index is 13.0. The van der Waals surface area contributed by atoms with Crippen LogP contribution in [0.15, 0.2) is 58.3 Å². The molecular weight excluding hydrogens is 418 g/mol. The van der Waals surface area contributed by atoms with Crippen LogP contribution in [0, 0.1) is 6.92 Å². The number of aryl methyl sites for hydroxylation is 1. The van der Waals surface area contributed by atoms with Gasteiger partial charge in [0.2, 0.25) is 10.0 Å². The molecule has 1 aliphatic heterocycles. The van der Waals surface area contributed by atoms with E-state index in [1.54, 1.807) is 23.9 Å². The number of sulfonamides is 1. The summed E-state index contributed by atoms with van der Waals surface area (Å²) in [7, 11) is -1.61. The second kappa shape index (κ2) is 10.4. The third-order valence-electron chi connectivity index (χ3n) is 5.17. The summed E-state index contributed by atoms with van der Waals surface area (Å²) in [6, 6.07) is 15.0. The number of hydrogen-bond acceptors (Lipinski definition) is 5. The molecular formula is C22H29N3O3S2. The van der Waals surface area contributed by atoms with Gasteiger partial charge in [0.05, 0.1) is 4.90 Å². The Hall–Kier alpha value is -1.87. The molecule has 1 aliphatic rings. The van der Waals surface area contributed by atoms with Crippen LogP contribution < -0.4 is 5.32 Å². The number of nitrogens with zero attached hydrogens (tertiary/aromatic N) is 2. The Bertz CT molecular complexity index is 957. The van der Waals surface area contributed by atoms with Gasteiger partial charge in [-0.2, -0.15) is 4.31 Å². The minimum Gasteiger partial charge on any atom is -0.352 e. The monoisotopic (exact) mass is 447 g/mol. The molecule has 0 saturated carbocycles. The van der Waals surface area contributed by atoms with E-state index in [4.69, 9.17) is 0 Å². The molecule has 1 N–H and O–H groups in total. The van der Waals surface area contributed by atoms with E-state index in [9.17, 15) is 13.2 Å². The van der Waals surface area contributed by atoms with E-state index < -0.39 is 10.0 Å². The summed E-state index contributed by atoms with van der Waals surface area (Å²) < 4.78 is 27.5. The average Bonchev–Trinajstić information content (AvgIpc) is 2.74. The second-order valence-electron chi connectivity index (χ2n) is 7.46. The lowest BCUT2D eigenvalue weighted by molar-refractivity contribution is 0.0953. The Kier molecular flexibility index (Phi) is 7.93. The Labute approximate surface area is 183 Å². The molecule has 1 fully saturated rings. The van der Waals surface area contributed by atoms with Crippen LogP contribution in [0.1, 0.15) is 22.3 Å². The highest BCUT2D eigenvalue weighted by Crippen LogP contribution is 2.21. The summed E-state index contributed by atoms with van der Waals surface area (Å²) in [5, 5.41) is 2.92. The second-order valence-corrected chi connectivity index (χ2v) is 10.6. The number of likely N-dealkylation sites (N-methyl/N-ethyl adjacent to an activating group) is 1. The van der Waals surface area contributed by atoms with Crippen molar-refractivity contribution >= 4 is 27.7 Å². The van der Waals surface area contributed by atoms with E-state index in [-0.39, 0.29) is 10.8 Å². The van der Waals surface area contributed by atoms with Crippen LogP contribution >= 0.6 is 11.8 Å². The first kappa shape index (κ1) is 22.8. The van der Waals surface area contributed by atoms with E-state index in [1.807, 2.05) is 32.2 Å². The van der Waals surface area contributed by atoms with Crippen molar-refractivity contribution in [2.24, 2.45) is 0 Å². The highest BCUT2D eigenvalue weighted by molar-refractivity contribution is 7.99. The van der Waals surface area contributed by atoms with Gasteiger partial charge in [0.1, 0.15) is 0 Å². The average molecular weight is 448 g/mol. The maximum Gasteiger partial charge on any atom is 0.251 e. The van der Waals surface area contributed by atoms with Crippen molar-refractivity contribution in [3.05, 3.63) is 59.7 Å². The number of carbonyl (C=O) groups is 1. The lowest BCUT2D eigenvalue weighted by Crippen LogP contribution is -2.47. The lowest BCUT2D eigenvalue weighted by Gasteiger charge is -2.31. The molecule has 3 rings (SSSR count). The van der Waals surface area contributed by atoms with Crippen LogP contribution in [0.25, 0.3) is 0 Å². The Morgan fingerprint density at radius 2 is 1.77 bits per heavy atom. The number of nitrogens with one attached hydrogen (secondary N) is 1. The van der Waals surface area contributed by atoms with Crippen LogP contribution in [0.2, 0.25) is 0 Å². The number of amides is 1. The molecule has 0 bridgehead atoms. The minimum absolute atomic E-state index is 0.183. The van der Waals surface area contributed by atoms with Crippen molar-refractivity contribution in [3.63, 3.8) is 0 Å². The topological polar surface area (TPSA) is 69.7 Å². The van der Waals surface area contributed by atoms with Crippen molar-refractivity contribution < 1.29 is 13.2 Å². The normalized spacial score (nSPS) is 15.8. The number of benzene rings is 2. The quantitative estimate of drug-likeness (QED) is 0.498. The number of carbonyl (C=O) groups excluding carboxylic acids is 1.